The van der Waals surface area contributed by atoms with Crippen LogP contribution in [-0.2, 0) is 16.7 Å². The van der Waals surface area contributed by atoms with E-state index >= 15 is 0 Å². The number of rotatable bonds is 48. The van der Waals surface area contributed by atoms with E-state index in [0.29, 0.717) is 0 Å². The molecule has 4 nitrogen and oxygen atoms in total. The standard InChI is InChI=1S/C55H105NO3S/c1-4-7-10-13-16-19-22-25-28-31-34-37-40-43-49-56(53-54-47-46-48-55(52-54)60(57,58)59,50-44-41-38-35-32-29-26-23-20-17-14-11-8-5-2)51-45-42-39-36-33-30-27-24-21-18-15-12-9-6-3/h46-48,52H,4-45,49-51,53H2,1-3H3. The zero-order chi connectivity index (χ0) is 43.5. The number of hydrogen-bond donors (Lipinski definition) is 0. The molecule has 0 aliphatic rings. The number of nitrogens with zero attached hydrogens (tertiary/aromatic N) is 1. The molecule has 354 valence electrons. The number of unbranched alkanes of at least 4 members (excludes halogenated alkanes) is 39. The first kappa shape index (κ1) is 57.1. The summed E-state index contributed by atoms with van der Waals surface area (Å²) in [7, 11) is -4.47. The van der Waals surface area contributed by atoms with Crippen molar-refractivity contribution < 1.29 is 17.5 Å². The van der Waals surface area contributed by atoms with Crippen LogP contribution in [0, 0.1) is 0 Å². The van der Waals surface area contributed by atoms with Gasteiger partial charge in [-0.1, -0.05) is 264 Å². The van der Waals surface area contributed by atoms with E-state index in [-0.39, 0.29) is 4.90 Å². The summed E-state index contributed by atoms with van der Waals surface area (Å²) >= 11 is 0. The minimum atomic E-state index is -4.47. The van der Waals surface area contributed by atoms with E-state index in [0.717, 1.165) is 16.6 Å². The van der Waals surface area contributed by atoms with Gasteiger partial charge < -0.3 is 9.04 Å². The molecule has 1 aromatic rings. The molecule has 0 unspecified atom stereocenters. The molecule has 5 heteroatoms. The maximum atomic E-state index is 12.0. The second-order valence-corrected chi connectivity index (χ2v) is 20.9. The molecule has 0 fully saturated rings. The van der Waals surface area contributed by atoms with E-state index < -0.39 is 10.1 Å². The van der Waals surface area contributed by atoms with E-state index in [1.165, 1.54) is 295 Å². The number of benzene rings is 1. The molecule has 0 heterocycles. The fourth-order valence-electron chi connectivity index (χ4n) is 9.68. The third-order valence-electron chi connectivity index (χ3n) is 13.7. The van der Waals surface area contributed by atoms with Crippen molar-refractivity contribution >= 4 is 10.1 Å². The number of hydrogen-bond acceptors (Lipinski definition) is 3. The summed E-state index contributed by atoms with van der Waals surface area (Å²) in [5.41, 5.74) is 1.02. The second-order valence-electron chi connectivity index (χ2n) is 19.6. The van der Waals surface area contributed by atoms with Crippen molar-refractivity contribution in [2.24, 2.45) is 0 Å². The van der Waals surface area contributed by atoms with E-state index in [2.05, 4.69) is 26.8 Å². The van der Waals surface area contributed by atoms with Crippen LogP contribution in [0.5, 0.6) is 0 Å². The lowest BCUT2D eigenvalue weighted by molar-refractivity contribution is -0.941. The maximum Gasteiger partial charge on any atom is 0.124 e. The van der Waals surface area contributed by atoms with Crippen LogP contribution in [-0.4, -0.2) is 37.1 Å². The fourth-order valence-corrected chi connectivity index (χ4v) is 10.2. The van der Waals surface area contributed by atoms with Crippen LogP contribution in [0.4, 0.5) is 0 Å². The van der Waals surface area contributed by atoms with Gasteiger partial charge in [0.25, 0.3) is 0 Å². The Morgan fingerprint density at radius 3 is 0.833 bits per heavy atom. The summed E-state index contributed by atoms with van der Waals surface area (Å²) in [6.45, 7) is 11.2. The topological polar surface area (TPSA) is 57.2 Å². The molecule has 1 rings (SSSR count). The summed E-state index contributed by atoms with van der Waals surface area (Å²) in [4.78, 5) is -0.0671. The zero-order valence-corrected chi connectivity index (χ0v) is 41.7. The van der Waals surface area contributed by atoms with Gasteiger partial charge in [-0.2, -0.15) is 0 Å². The molecule has 0 spiro atoms. The van der Waals surface area contributed by atoms with Crippen molar-refractivity contribution in [1.29, 1.82) is 0 Å². The molecule has 0 amide bonds. The average Bonchev–Trinajstić information content (AvgIpc) is 3.23. The van der Waals surface area contributed by atoms with E-state index in [4.69, 9.17) is 0 Å². The molecule has 0 aliphatic carbocycles. The highest BCUT2D eigenvalue weighted by atomic mass is 32.2. The quantitative estimate of drug-likeness (QED) is 0.0373. The normalized spacial score (nSPS) is 12.2. The van der Waals surface area contributed by atoms with Gasteiger partial charge in [0.15, 0.2) is 0 Å². The lowest BCUT2D eigenvalue weighted by Gasteiger charge is -2.40. The predicted molar refractivity (Wildman–Crippen MR) is 264 cm³/mol. The summed E-state index contributed by atoms with van der Waals surface area (Å²) in [6, 6.07) is 7.04. The van der Waals surface area contributed by atoms with E-state index in [1.54, 1.807) is 12.1 Å². The monoisotopic (exact) mass is 860 g/mol. The Labute approximate surface area is 377 Å². The first-order chi connectivity index (χ1) is 29.4. The van der Waals surface area contributed by atoms with Gasteiger partial charge in [-0.15, -0.1) is 0 Å². The molecule has 0 saturated carbocycles. The van der Waals surface area contributed by atoms with Crippen LogP contribution in [0.15, 0.2) is 29.2 Å². The van der Waals surface area contributed by atoms with Gasteiger partial charge in [0.2, 0.25) is 0 Å². The van der Waals surface area contributed by atoms with Crippen molar-refractivity contribution in [3.63, 3.8) is 0 Å². The highest BCUT2D eigenvalue weighted by molar-refractivity contribution is 7.85. The van der Waals surface area contributed by atoms with Crippen LogP contribution >= 0.6 is 0 Å². The number of quaternary nitrogens is 1. The third kappa shape index (κ3) is 35.5. The Hall–Kier alpha value is -0.910. The van der Waals surface area contributed by atoms with Gasteiger partial charge in [0, 0.05) is 5.56 Å². The molecule has 0 aromatic heterocycles. The molecular weight excluding hydrogens is 755 g/mol. The maximum absolute atomic E-state index is 12.0. The molecule has 1 aromatic carbocycles. The summed E-state index contributed by atoms with van der Waals surface area (Å²) in [5.74, 6) is 0. The minimum absolute atomic E-state index is 0.0671. The van der Waals surface area contributed by atoms with E-state index in [9.17, 15) is 13.0 Å². The van der Waals surface area contributed by atoms with Gasteiger partial charge in [-0.3, -0.25) is 0 Å². The molecule has 0 bridgehead atoms. The molecule has 0 atom stereocenters. The lowest BCUT2D eigenvalue weighted by atomic mass is 10.0. The van der Waals surface area contributed by atoms with E-state index in [1.807, 2.05) is 0 Å². The smallest absolute Gasteiger partial charge is 0.124 e. The van der Waals surface area contributed by atoms with Crippen molar-refractivity contribution in [1.82, 2.24) is 0 Å². The van der Waals surface area contributed by atoms with Crippen molar-refractivity contribution in [2.45, 2.75) is 302 Å². The second kappa shape index (κ2) is 42.1. The summed E-state index contributed by atoms with van der Waals surface area (Å²) < 4.78 is 37.2. The molecule has 0 aliphatic heterocycles. The van der Waals surface area contributed by atoms with Gasteiger partial charge >= 0.3 is 0 Å². The Bertz CT molecular complexity index is 1060. The van der Waals surface area contributed by atoms with Gasteiger partial charge in [0.05, 0.1) is 24.5 Å². The molecular formula is C55H105NO3S. The molecule has 0 saturated heterocycles. The van der Waals surface area contributed by atoms with Crippen LogP contribution in [0.2, 0.25) is 0 Å². The minimum Gasteiger partial charge on any atom is -0.744 e. The van der Waals surface area contributed by atoms with Gasteiger partial charge in [0.1, 0.15) is 16.7 Å². The lowest BCUT2D eigenvalue weighted by Crippen LogP contribution is -2.49. The average molecular weight is 861 g/mol. The van der Waals surface area contributed by atoms with Crippen molar-refractivity contribution in [2.75, 3.05) is 19.6 Å². The zero-order valence-electron chi connectivity index (χ0n) is 40.9. The van der Waals surface area contributed by atoms with Gasteiger partial charge in [-0.05, 0) is 50.7 Å². The first-order valence-corrected chi connectivity index (χ1v) is 28.7. The van der Waals surface area contributed by atoms with Crippen LogP contribution < -0.4 is 0 Å². The molecule has 0 N–H and O–H groups in total. The Morgan fingerprint density at radius 2 is 0.600 bits per heavy atom. The fraction of sp³-hybridized carbons (Fsp3) is 0.891. The third-order valence-corrected chi connectivity index (χ3v) is 14.5. The predicted octanol–water partition coefficient (Wildman–Crippen LogP) is 18.4. The molecule has 0 radical (unpaired) electrons. The highest BCUT2D eigenvalue weighted by Gasteiger charge is 2.27. The first-order valence-electron chi connectivity index (χ1n) is 27.3. The summed E-state index contributed by atoms with van der Waals surface area (Å²) in [5, 5.41) is 0. The van der Waals surface area contributed by atoms with Crippen LogP contribution in [0.3, 0.4) is 0 Å². The van der Waals surface area contributed by atoms with Crippen molar-refractivity contribution in [3.05, 3.63) is 29.8 Å². The Morgan fingerprint density at radius 1 is 0.367 bits per heavy atom. The largest absolute Gasteiger partial charge is 0.744 e. The molecule has 60 heavy (non-hydrogen) atoms. The Balaban J connectivity index is 2.70. The Kier molecular flexibility index (Phi) is 40.0. The SMILES string of the molecule is CCCCCCCCCCCCCCCC[N+](CCCCCCCCCCCCCCCC)(CCCCCCCCCCCCCCCC)Cc1cccc(S(=O)(=O)[O-])c1. The van der Waals surface area contributed by atoms with Crippen molar-refractivity contribution in [3.8, 4) is 0 Å². The van der Waals surface area contributed by atoms with Crippen LogP contribution in [0.25, 0.3) is 0 Å². The van der Waals surface area contributed by atoms with Crippen LogP contribution in [0.1, 0.15) is 296 Å². The highest BCUT2D eigenvalue weighted by Crippen LogP contribution is 2.25. The summed E-state index contributed by atoms with van der Waals surface area (Å²) in [6.07, 6.45) is 57.8. The van der Waals surface area contributed by atoms with Gasteiger partial charge in [-0.25, -0.2) is 8.42 Å².